The van der Waals surface area contributed by atoms with E-state index in [-0.39, 0.29) is 17.7 Å². The van der Waals surface area contributed by atoms with Gasteiger partial charge in [-0.3, -0.25) is 15.0 Å². The van der Waals surface area contributed by atoms with Gasteiger partial charge in [-0.2, -0.15) is 4.98 Å². The number of piperidine rings is 1. The molecular weight excluding hydrogens is 334 g/mol. The highest BCUT2D eigenvalue weighted by molar-refractivity contribution is 5.50. The number of rotatable bonds is 5. The van der Waals surface area contributed by atoms with Crippen LogP contribution < -0.4 is 9.64 Å². The number of nitro groups is 1. The number of aromatic nitrogens is 1. The van der Waals surface area contributed by atoms with Crippen LogP contribution >= 0.6 is 0 Å². The van der Waals surface area contributed by atoms with Gasteiger partial charge in [-0.05, 0) is 39.8 Å². The molecule has 8 nitrogen and oxygen atoms in total. The average Bonchev–Trinajstić information content (AvgIpc) is 2.62. The summed E-state index contributed by atoms with van der Waals surface area (Å²) in [5, 5.41) is 11.2. The highest BCUT2D eigenvalue weighted by atomic mass is 16.6. The lowest BCUT2D eigenvalue weighted by Crippen LogP contribution is -2.52. The second kappa shape index (κ2) is 8.18. The highest BCUT2D eigenvalue weighted by Crippen LogP contribution is 2.30. The summed E-state index contributed by atoms with van der Waals surface area (Å²) in [5.74, 6) is 0.881. The van der Waals surface area contributed by atoms with Gasteiger partial charge in [-0.25, -0.2) is 0 Å². The molecule has 3 heterocycles. The fourth-order valence-corrected chi connectivity index (χ4v) is 3.70. The Morgan fingerprint density at radius 1 is 1.15 bits per heavy atom. The summed E-state index contributed by atoms with van der Waals surface area (Å²) in [6.45, 7) is 10.1. The molecule has 26 heavy (non-hydrogen) atoms. The highest BCUT2D eigenvalue weighted by Gasteiger charge is 2.28. The van der Waals surface area contributed by atoms with Crippen LogP contribution in [0.5, 0.6) is 5.88 Å². The third kappa shape index (κ3) is 4.42. The lowest BCUT2D eigenvalue weighted by atomic mass is 10.0. The van der Waals surface area contributed by atoms with Gasteiger partial charge in [0, 0.05) is 51.4 Å². The smallest absolute Gasteiger partial charge is 0.331 e. The zero-order valence-electron chi connectivity index (χ0n) is 15.9. The average molecular weight is 363 g/mol. The summed E-state index contributed by atoms with van der Waals surface area (Å²) in [4.78, 5) is 22.4. The number of piperazine rings is 1. The first kappa shape index (κ1) is 18.8. The maximum atomic E-state index is 11.2. The summed E-state index contributed by atoms with van der Waals surface area (Å²) >= 11 is 0. The van der Waals surface area contributed by atoms with Crippen molar-refractivity contribution >= 4 is 11.5 Å². The van der Waals surface area contributed by atoms with Crippen LogP contribution in [0.25, 0.3) is 0 Å². The molecule has 3 rings (SSSR count). The van der Waals surface area contributed by atoms with Crippen molar-refractivity contribution in [3.05, 3.63) is 22.2 Å². The Kier molecular flexibility index (Phi) is 5.93. The van der Waals surface area contributed by atoms with Crippen molar-refractivity contribution in [3.63, 3.8) is 0 Å². The molecule has 0 N–H and O–H groups in total. The van der Waals surface area contributed by atoms with Crippen molar-refractivity contribution in [2.45, 2.75) is 38.8 Å². The normalized spacial score (nSPS) is 20.5. The summed E-state index contributed by atoms with van der Waals surface area (Å²) in [5.41, 5.74) is -0.0743. The van der Waals surface area contributed by atoms with E-state index in [1.165, 1.54) is 6.07 Å². The van der Waals surface area contributed by atoms with Crippen molar-refractivity contribution in [2.75, 3.05) is 51.2 Å². The molecule has 0 spiro atoms. The maximum Gasteiger partial charge on any atom is 0.331 e. The molecule has 8 heteroatoms. The molecule has 0 radical (unpaired) electrons. The van der Waals surface area contributed by atoms with E-state index in [1.54, 1.807) is 6.07 Å². The number of nitrogens with zero attached hydrogens (tertiary/aromatic N) is 5. The zero-order valence-corrected chi connectivity index (χ0v) is 15.9. The van der Waals surface area contributed by atoms with Crippen LogP contribution in [0.2, 0.25) is 0 Å². The lowest BCUT2D eigenvalue weighted by molar-refractivity contribution is -0.386. The van der Waals surface area contributed by atoms with Gasteiger partial charge in [-0.15, -0.1) is 0 Å². The molecule has 2 aliphatic heterocycles. The van der Waals surface area contributed by atoms with Crippen molar-refractivity contribution in [3.8, 4) is 5.88 Å². The Morgan fingerprint density at radius 2 is 1.81 bits per heavy atom. The topological polar surface area (TPSA) is 75.0 Å². The van der Waals surface area contributed by atoms with Gasteiger partial charge in [0.15, 0.2) is 0 Å². The number of anilines is 1. The summed E-state index contributed by atoms with van der Waals surface area (Å²) < 4.78 is 5.57. The molecule has 0 atom stereocenters. The SMILES string of the molecule is CC(C)Oc1nc(N2CCC(N3CCN(C)CC3)CC2)ccc1[N+](=O)[O-]. The van der Waals surface area contributed by atoms with Crippen molar-refractivity contribution < 1.29 is 9.66 Å². The maximum absolute atomic E-state index is 11.2. The van der Waals surface area contributed by atoms with E-state index < -0.39 is 4.92 Å². The molecule has 1 aromatic rings. The van der Waals surface area contributed by atoms with Crippen LogP contribution in [-0.4, -0.2) is 78.2 Å². The van der Waals surface area contributed by atoms with Crippen LogP contribution in [0.3, 0.4) is 0 Å². The lowest BCUT2D eigenvalue weighted by Gasteiger charge is -2.42. The van der Waals surface area contributed by atoms with Crippen LogP contribution in [0.4, 0.5) is 11.5 Å². The molecule has 2 aliphatic rings. The minimum absolute atomic E-state index is 0.0743. The molecule has 0 saturated carbocycles. The number of hydrogen-bond acceptors (Lipinski definition) is 7. The first-order valence-electron chi connectivity index (χ1n) is 9.43. The Labute approximate surface area is 154 Å². The fourth-order valence-electron chi connectivity index (χ4n) is 3.70. The van der Waals surface area contributed by atoms with E-state index in [0.29, 0.717) is 6.04 Å². The number of likely N-dealkylation sites (N-methyl/N-ethyl adjacent to an activating group) is 1. The minimum Gasteiger partial charge on any atom is -0.470 e. The second-order valence-corrected chi connectivity index (χ2v) is 7.47. The molecule has 0 amide bonds. The number of ether oxygens (including phenoxy) is 1. The summed E-state index contributed by atoms with van der Waals surface area (Å²) in [7, 11) is 2.18. The summed E-state index contributed by atoms with van der Waals surface area (Å²) in [6, 6.07) is 3.87. The predicted octanol–water partition coefficient (Wildman–Crippen LogP) is 1.99. The van der Waals surface area contributed by atoms with E-state index in [9.17, 15) is 10.1 Å². The molecule has 1 aromatic heterocycles. The zero-order chi connectivity index (χ0) is 18.7. The van der Waals surface area contributed by atoms with E-state index in [1.807, 2.05) is 13.8 Å². The van der Waals surface area contributed by atoms with Gasteiger partial charge < -0.3 is 14.5 Å². The van der Waals surface area contributed by atoms with Gasteiger partial charge in [-0.1, -0.05) is 0 Å². The number of pyridine rings is 1. The quantitative estimate of drug-likeness (QED) is 0.585. The van der Waals surface area contributed by atoms with Crippen LogP contribution in [0, 0.1) is 10.1 Å². The molecule has 2 fully saturated rings. The Hall–Kier alpha value is -1.93. The monoisotopic (exact) mass is 363 g/mol. The molecule has 144 valence electrons. The Bertz CT molecular complexity index is 623. The van der Waals surface area contributed by atoms with E-state index >= 15 is 0 Å². The van der Waals surface area contributed by atoms with Gasteiger partial charge in [0.05, 0.1) is 11.0 Å². The molecular formula is C18H29N5O3. The van der Waals surface area contributed by atoms with E-state index in [4.69, 9.17) is 4.74 Å². The van der Waals surface area contributed by atoms with Crippen LogP contribution in [0.15, 0.2) is 12.1 Å². The third-order valence-electron chi connectivity index (χ3n) is 5.21. The largest absolute Gasteiger partial charge is 0.470 e. The van der Waals surface area contributed by atoms with Crippen LogP contribution in [0.1, 0.15) is 26.7 Å². The fraction of sp³-hybridized carbons (Fsp3) is 0.722. The van der Waals surface area contributed by atoms with E-state index in [2.05, 4.69) is 26.7 Å². The molecule has 0 aromatic carbocycles. The molecule has 0 unspecified atom stereocenters. The van der Waals surface area contributed by atoms with Crippen molar-refractivity contribution in [1.29, 1.82) is 0 Å². The molecule has 0 aliphatic carbocycles. The van der Waals surface area contributed by atoms with Gasteiger partial charge >= 0.3 is 5.69 Å². The molecule has 2 saturated heterocycles. The van der Waals surface area contributed by atoms with Gasteiger partial charge in [0.25, 0.3) is 5.88 Å². The van der Waals surface area contributed by atoms with Crippen LogP contribution in [-0.2, 0) is 0 Å². The summed E-state index contributed by atoms with van der Waals surface area (Å²) in [6.07, 6.45) is 2.05. The third-order valence-corrected chi connectivity index (χ3v) is 5.21. The minimum atomic E-state index is -0.436. The standard InChI is InChI=1S/C18H29N5O3/c1-14(2)26-18-16(23(24)25)4-5-17(19-18)22-8-6-15(7-9-22)21-12-10-20(3)11-13-21/h4-5,14-15H,6-13H2,1-3H3. The molecule has 0 bridgehead atoms. The Morgan fingerprint density at radius 3 is 2.38 bits per heavy atom. The van der Waals surface area contributed by atoms with Gasteiger partial charge in [0.1, 0.15) is 5.82 Å². The second-order valence-electron chi connectivity index (χ2n) is 7.47. The first-order valence-corrected chi connectivity index (χ1v) is 9.43. The van der Waals surface area contributed by atoms with Gasteiger partial charge in [0.2, 0.25) is 0 Å². The van der Waals surface area contributed by atoms with Crippen molar-refractivity contribution in [2.24, 2.45) is 0 Å². The van der Waals surface area contributed by atoms with Crippen molar-refractivity contribution in [1.82, 2.24) is 14.8 Å². The Balaban J connectivity index is 1.64. The van der Waals surface area contributed by atoms with E-state index in [0.717, 1.165) is 57.9 Å². The predicted molar refractivity (Wildman–Crippen MR) is 101 cm³/mol. The number of hydrogen-bond donors (Lipinski definition) is 0. The first-order chi connectivity index (χ1) is 12.4.